The van der Waals surface area contributed by atoms with E-state index in [0.29, 0.717) is 13.8 Å². The maximum Gasteiger partial charge on any atom is 0.907 e. The Balaban J connectivity index is -0.00000135. The van der Waals surface area contributed by atoms with Gasteiger partial charge in [0.15, 0.2) is 0 Å². The van der Waals surface area contributed by atoms with Gasteiger partial charge in [0.25, 0.3) is 0 Å². The predicted octanol–water partition coefficient (Wildman–Crippen LogP) is 21.5. The minimum atomic E-state index is -7.74. The van der Waals surface area contributed by atoms with Crippen LogP contribution in [0.5, 0.6) is 0 Å². The summed E-state index contributed by atoms with van der Waals surface area (Å²) in [7, 11) is 0. The summed E-state index contributed by atoms with van der Waals surface area (Å²) in [5, 5.41) is 0. The van der Waals surface area contributed by atoms with Crippen LogP contribution in [0.2, 0.25) is 0 Å². The van der Waals surface area contributed by atoms with Crippen molar-refractivity contribution in [1.29, 1.82) is 0 Å². The predicted molar refractivity (Wildman–Crippen MR) is 298 cm³/mol. The van der Waals surface area contributed by atoms with E-state index in [9.17, 15) is 171 Å². The van der Waals surface area contributed by atoms with E-state index in [-0.39, 0.29) is 26.2 Å². The second-order valence-corrected chi connectivity index (χ2v) is 28.4. The molecule has 0 aromatic heterocycles. The third kappa shape index (κ3) is 30.1. The maximum atomic E-state index is 13.0. The number of halogens is 39. The zero-order valence-corrected chi connectivity index (χ0v) is 60.0. The topological polar surface area (TPSA) is 116 Å². The molecule has 0 saturated heterocycles. The molecule has 2 radical (unpaired) electrons. The molecule has 624 valence electrons. The Labute approximate surface area is 596 Å². The van der Waals surface area contributed by atoms with E-state index in [4.69, 9.17) is 3.79 Å². The van der Waals surface area contributed by atoms with Gasteiger partial charge in [-0.15, -0.1) is 0 Å². The number of allylic oxidation sites excluding steroid dienone is 5. The molecule has 0 saturated carbocycles. The minimum absolute atomic E-state index is 0. The monoisotopic (exact) mass is 1700 g/mol. The number of hydrogen-bond donors (Lipinski definition) is 0. The largest absolute Gasteiger partial charge is 0.907 e. The highest BCUT2D eigenvalue weighted by Gasteiger charge is 2.84. The van der Waals surface area contributed by atoms with Gasteiger partial charge in [0.05, 0.1) is 5.57 Å². The van der Waals surface area contributed by atoms with Crippen molar-refractivity contribution in [2.24, 2.45) is 0 Å². The standard InChI is InChI=1S/C13H11.C6H6.C4F9O.4C4H3F6O.2C4H6F3O.2C4H9O.3Al.H2O/c1-3-7-12(8-4-1)11-13-9-5-2-6-10-13;1-2-4-6-5-3-1;5-2(6,7)1(14,3(8,9)10)4(11,12)13;4*1-2(11,3(5,6)7)4(8,9)10;2*1-3(2,8)4(5,6)7;2*1-4(2,3)5;;;;/h1-11H;1-6H;;4*1H3;2*1-2H3;2*1-3H3;;;;1H2/q+1;;9*-1;2*+2;+3;/p+1. The summed E-state index contributed by atoms with van der Waals surface area (Å²) in [5.74, 6) is 0. The highest BCUT2D eigenvalue weighted by molar-refractivity contribution is 6.37. The Morgan fingerprint density at radius 3 is 0.766 bits per heavy atom. The first-order valence-corrected chi connectivity index (χ1v) is 32.2. The Morgan fingerprint density at radius 1 is 0.290 bits per heavy atom. The number of rotatable bonds is 17. The fourth-order valence-electron chi connectivity index (χ4n) is 5.86. The summed E-state index contributed by atoms with van der Waals surface area (Å²) in [6, 6.07) is 22.3. The molecule has 52 heteroatoms. The molecule has 0 unspecified atom stereocenters. The normalized spacial score (nSPS) is 15.6. The van der Waals surface area contributed by atoms with E-state index in [1.807, 2.05) is 48.5 Å². The lowest BCUT2D eigenvalue weighted by atomic mass is 10.0. The third-order valence-electron chi connectivity index (χ3n) is 12.8. The molecule has 0 heterocycles. The van der Waals surface area contributed by atoms with Crippen LogP contribution < -0.4 is 0 Å². The molecule has 3 rings (SSSR count). The highest BCUT2D eigenvalue weighted by Crippen LogP contribution is 2.58. The second-order valence-electron chi connectivity index (χ2n) is 24.6. The quantitative estimate of drug-likeness (QED) is 0.0661. The molecular weight excluding hydrogens is 1640 g/mol. The molecule has 0 aliphatic heterocycles. The molecule has 0 bridgehead atoms. The van der Waals surface area contributed by atoms with Crippen molar-refractivity contribution in [2.75, 3.05) is 0 Å². The van der Waals surface area contributed by atoms with Crippen molar-refractivity contribution in [2.45, 2.75) is 228 Å². The van der Waals surface area contributed by atoms with E-state index >= 15 is 0 Å². The molecular formula is C55H62Al3F39O10. The third-order valence-corrected chi connectivity index (χ3v) is 19.3. The lowest BCUT2D eigenvalue weighted by Gasteiger charge is -2.51. The average molecular weight is 1700 g/mol. The van der Waals surface area contributed by atoms with Gasteiger partial charge in [-0.3, -0.25) is 0 Å². The Morgan fingerprint density at radius 2 is 0.551 bits per heavy atom. The van der Waals surface area contributed by atoms with Crippen molar-refractivity contribution in [3.8, 4) is 0 Å². The van der Waals surface area contributed by atoms with Gasteiger partial charge in [0.2, 0.25) is 22.4 Å². The number of alkyl halides is 39. The molecule has 2 aromatic carbocycles. The zero-order chi connectivity index (χ0) is 85.3. The van der Waals surface area contributed by atoms with Crippen LogP contribution in [0.25, 0.3) is 6.08 Å². The molecule has 3 N–H and O–H groups in total. The Bertz CT molecular complexity index is 2890. The van der Waals surface area contributed by atoms with Gasteiger partial charge in [0, 0.05) is 53.6 Å². The number of hydrogen-bond acceptors (Lipinski definition) is 9. The molecule has 1 aliphatic rings. The Hall–Kier alpha value is -4.00. The van der Waals surface area contributed by atoms with Crippen LogP contribution in [0.4, 0.5) is 171 Å². The molecule has 0 atom stereocenters. The van der Waals surface area contributed by atoms with Crippen LogP contribution in [0.15, 0.2) is 96.6 Å². The van der Waals surface area contributed by atoms with E-state index in [1.165, 1.54) is 31.9 Å². The summed E-state index contributed by atoms with van der Waals surface area (Å²) in [6.45, 7) is 4.06. The molecule has 2 aromatic rings. The van der Waals surface area contributed by atoms with Gasteiger partial charge < -0.3 is 39.6 Å². The van der Waals surface area contributed by atoms with E-state index in [0.717, 1.165) is 20.8 Å². The van der Waals surface area contributed by atoms with Crippen molar-refractivity contribution < 1.29 is 211 Å². The number of benzene rings is 2. The van der Waals surface area contributed by atoms with Crippen LogP contribution in [-0.4, -0.2) is 176 Å². The fourth-order valence-corrected chi connectivity index (χ4v) is 12.0. The van der Waals surface area contributed by atoms with Crippen molar-refractivity contribution in [1.82, 2.24) is 0 Å². The summed E-state index contributed by atoms with van der Waals surface area (Å²) >= 11 is -17.0. The van der Waals surface area contributed by atoms with Gasteiger partial charge in [-0.05, 0) is 109 Å². The minimum Gasteiger partial charge on any atom is -0.630 e. The molecule has 10 nitrogen and oxygen atoms in total. The SMILES string of the molecule is C1=C[CH+]C(=Cc2ccccc2)C=C1.CC(C)(C)[O][Al-]([O]C(C)(C)C(F)(F)F)[O]C(C)(C(F)(F)F)C(F)(F)F.CC(C)(C)[O][Al]([O]C(C)(C(F)(F)F)C(F)(F)F)[O]C(C)(C(F)(F)F)C(F)(F)F.CC(C)([O][Al-]([O]C(C)(C(F)(F)F)C(F)(F)F)[O]C(C(F)(F)F)(C(F)(F)F)C(F)(F)F)C(F)(F)F.[OH3+].c1ccccc1. The van der Waals surface area contributed by atoms with Gasteiger partial charge in [0.1, 0.15) is 11.2 Å². The summed E-state index contributed by atoms with van der Waals surface area (Å²) in [5.41, 5.74) is -36.6. The fraction of sp³-hybridized carbons (Fsp3) is 0.655. The first-order chi connectivity index (χ1) is 46.1. The summed E-state index contributed by atoms with van der Waals surface area (Å²) < 4.78 is 538. The molecule has 1 aliphatic carbocycles. The lowest BCUT2D eigenvalue weighted by molar-refractivity contribution is -0.447. The highest BCUT2D eigenvalue weighted by atomic mass is 27.3. The van der Waals surface area contributed by atoms with Gasteiger partial charge in [-0.1, -0.05) is 54.6 Å². The van der Waals surface area contributed by atoms with Crippen LogP contribution in [0.3, 0.4) is 0 Å². The second kappa shape index (κ2) is 36.4. The van der Waals surface area contributed by atoms with Crippen molar-refractivity contribution in [3.63, 3.8) is 0 Å². The average Bonchev–Trinajstić information content (AvgIpc) is 0.720. The van der Waals surface area contributed by atoms with E-state index in [1.54, 1.807) is 0 Å². The zero-order valence-electron chi connectivity index (χ0n) is 56.5. The van der Waals surface area contributed by atoms with E-state index in [2.05, 4.69) is 85.3 Å². The Kier molecular flexibility index (Phi) is 36.5. The molecule has 0 fully saturated rings. The molecule has 107 heavy (non-hydrogen) atoms. The van der Waals surface area contributed by atoms with Gasteiger partial charge in [-0.2, -0.15) is 171 Å². The van der Waals surface area contributed by atoms with Crippen LogP contribution >= 0.6 is 0 Å². The van der Waals surface area contributed by atoms with Crippen LogP contribution in [-0.2, 0) is 39.6 Å². The van der Waals surface area contributed by atoms with Crippen molar-refractivity contribution in [3.05, 3.63) is 109 Å². The smallest absolute Gasteiger partial charge is 0.630 e. The molecule has 0 amide bonds. The van der Waals surface area contributed by atoms with E-state index < -0.39 is 197 Å². The maximum absolute atomic E-state index is 13.0. The summed E-state index contributed by atoms with van der Waals surface area (Å²) in [4.78, 5) is 0. The van der Waals surface area contributed by atoms with Gasteiger partial charge in [-0.25, -0.2) is 0 Å². The molecule has 0 spiro atoms. The first-order valence-electron chi connectivity index (χ1n) is 28.0. The van der Waals surface area contributed by atoms with Gasteiger partial charge >= 0.3 is 131 Å². The van der Waals surface area contributed by atoms with Crippen molar-refractivity contribution >= 4 is 51.5 Å². The van der Waals surface area contributed by atoms with Crippen LogP contribution in [0.1, 0.15) is 102 Å². The first kappa shape index (κ1) is 107. The lowest BCUT2D eigenvalue weighted by Crippen LogP contribution is -2.71. The summed E-state index contributed by atoms with van der Waals surface area (Å²) in [6.07, 6.45) is -72.4. The van der Waals surface area contributed by atoms with Crippen LogP contribution in [0, 0.1) is 6.42 Å².